The van der Waals surface area contributed by atoms with Crippen LogP contribution >= 0.6 is 0 Å². The number of rotatable bonds is 9. The number of benzene rings is 3. The average Bonchev–Trinajstić information content (AvgIpc) is 2.89. The van der Waals surface area contributed by atoms with Gasteiger partial charge in [0, 0.05) is 12.1 Å². The maximum Gasteiger partial charge on any atom is 0.416 e. The standard InChI is InChI=1S/C30H34F3N3O4S/c1-21-12-9-10-13-23(21)19-35(22(2)28(38)34-29(3,4)5)27(37)20-36(41(39,40)26-16-7-6-8-17-26)25-15-11-14-24(18-25)30(31,32)33/h6-18,22H,19-20H2,1-5H3,(H,34,38). The van der Waals surface area contributed by atoms with Crippen LogP contribution in [0.25, 0.3) is 0 Å². The van der Waals surface area contributed by atoms with E-state index in [9.17, 15) is 31.2 Å². The van der Waals surface area contributed by atoms with Crippen LogP contribution in [0, 0.1) is 6.92 Å². The molecule has 3 aromatic carbocycles. The first-order chi connectivity index (χ1) is 19.0. The fourth-order valence-electron chi connectivity index (χ4n) is 4.11. The topological polar surface area (TPSA) is 86.8 Å². The molecule has 11 heteroatoms. The minimum absolute atomic E-state index is 0.0218. The Morgan fingerprint density at radius 3 is 2.10 bits per heavy atom. The van der Waals surface area contributed by atoms with Gasteiger partial charge in [-0.2, -0.15) is 13.2 Å². The van der Waals surface area contributed by atoms with Crippen molar-refractivity contribution in [1.29, 1.82) is 0 Å². The molecule has 1 unspecified atom stereocenters. The summed E-state index contributed by atoms with van der Waals surface area (Å²) in [5, 5.41) is 2.83. The Labute approximate surface area is 239 Å². The molecule has 0 aromatic heterocycles. The summed E-state index contributed by atoms with van der Waals surface area (Å²) in [6.45, 7) is 7.86. The summed E-state index contributed by atoms with van der Waals surface area (Å²) < 4.78 is 68.8. The lowest BCUT2D eigenvalue weighted by Crippen LogP contribution is -2.54. The highest BCUT2D eigenvalue weighted by Crippen LogP contribution is 2.33. The Morgan fingerprint density at radius 2 is 1.51 bits per heavy atom. The molecule has 41 heavy (non-hydrogen) atoms. The highest BCUT2D eigenvalue weighted by molar-refractivity contribution is 7.92. The fraction of sp³-hybridized carbons (Fsp3) is 0.333. The van der Waals surface area contributed by atoms with Crippen LogP contribution in [0.1, 0.15) is 44.4 Å². The van der Waals surface area contributed by atoms with E-state index in [4.69, 9.17) is 0 Å². The molecule has 1 atom stereocenters. The summed E-state index contributed by atoms with van der Waals surface area (Å²) in [5.41, 5.74) is -0.429. The van der Waals surface area contributed by atoms with E-state index in [-0.39, 0.29) is 17.1 Å². The van der Waals surface area contributed by atoms with E-state index < -0.39 is 51.7 Å². The van der Waals surface area contributed by atoms with Crippen LogP contribution in [0.4, 0.5) is 18.9 Å². The molecule has 0 spiro atoms. The van der Waals surface area contributed by atoms with E-state index in [1.54, 1.807) is 39.0 Å². The fourth-order valence-corrected chi connectivity index (χ4v) is 5.54. The number of sulfonamides is 1. The van der Waals surface area contributed by atoms with Crippen molar-refractivity contribution in [1.82, 2.24) is 10.2 Å². The van der Waals surface area contributed by atoms with Gasteiger partial charge in [-0.3, -0.25) is 13.9 Å². The van der Waals surface area contributed by atoms with Crippen molar-refractivity contribution >= 4 is 27.5 Å². The van der Waals surface area contributed by atoms with Crippen LogP contribution in [0.3, 0.4) is 0 Å². The summed E-state index contributed by atoms with van der Waals surface area (Å²) >= 11 is 0. The lowest BCUT2D eigenvalue weighted by Gasteiger charge is -2.34. The van der Waals surface area contributed by atoms with Crippen LogP contribution < -0.4 is 9.62 Å². The van der Waals surface area contributed by atoms with Gasteiger partial charge in [-0.05, 0) is 76.1 Å². The Morgan fingerprint density at radius 1 is 0.902 bits per heavy atom. The van der Waals surface area contributed by atoms with Crippen LogP contribution in [0.5, 0.6) is 0 Å². The van der Waals surface area contributed by atoms with E-state index in [0.29, 0.717) is 10.4 Å². The lowest BCUT2D eigenvalue weighted by atomic mass is 10.1. The SMILES string of the molecule is Cc1ccccc1CN(C(=O)CN(c1cccc(C(F)(F)F)c1)S(=O)(=O)c1ccccc1)C(C)C(=O)NC(C)(C)C. The molecule has 0 aliphatic rings. The number of nitrogens with zero attached hydrogens (tertiary/aromatic N) is 2. The minimum atomic E-state index is -4.74. The maximum absolute atomic E-state index is 13.9. The van der Waals surface area contributed by atoms with E-state index in [1.807, 2.05) is 19.1 Å². The molecule has 0 radical (unpaired) electrons. The second-order valence-corrected chi connectivity index (χ2v) is 12.6. The number of alkyl halides is 3. The molecular weight excluding hydrogens is 555 g/mol. The van der Waals surface area contributed by atoms with Crippen molar-refractivity contribution in [2.24, 2.45) is 0 Å². The second-order valence-electron chi connectivity index (χ2n) is 10.7. The summed E-state index contributed by atoms with van der Waals surface area (Å²) in [5.74, 6) is -1.22. The van der Waals surface area contributed by atoms with Gasteiger partial charge in [0.1, 0.15) is 12.6 Å². The van der Waals surface area contributed by atoms with Gasteiger partial charge >= 0.3 is 6.18 Å². The monoisotopic (exact) mass is 589 g/mol. The minimum Gasteiger partial charge on any atom is -0.350 e. The number of carbonyl (C=O) groups excluding carboxylic acids is 2. The molecule has 7 nitrogen and oxygen atoms in total. The molecule has 0 heterocycles. The van der Waals surface area contributed by atoms with E-state index in [2.05, 4.69) is 5.32 Å². The van der Waals surface area contributed by atoms with Crippen LogP contribution in [0.2, 0.25) is 0 Å². The molecule has 2 amide bonds. The van der Waals surface area contributed by atoms with E-state index in [1.165, 1.54) is 42.2 Å². The summed E-state index contributed by atoms with van der Waals surface area (Å²) in [7, 11) is -4.48. The maximum atomic E-state index is 13.9. The van der Waals surface area contributed by atoms with Gasteiger partial charge in [-0.1, -0.05) is 48.5 Å². The highest BCUT2D eigenvalue weighted by Gasteiger charge is 2.35. The van der Waals surface area contributed by atoms with Gasteiger partial charge in [0.15, 0.2) is 0 Å². The number of aryl methyl sites for hydroxylation is 1. The quantitative estimate of drug-likeness (QED) is 0.355. The summed E-state index contributed by atoms with van der Waals surface area (Å²) in [4.78, 5) is 28.1. The molecule has 0 bridgehead atoms. The third-order valence-electron chi connectivity index (χ3n) is 6.34. The molecule has 0 aliphatic heterocycles. The second kappa shape index (κ2) is 12.3. The predicted octanol–water partition coefficient (Wildman–Crippen LogP) is 5.54. The van der Waals surface area contributed by atoms with Crippen LogP contribution in [-0.2, 0) is 32.3 Å². The largest absolute Gasteiger partial charge is 0.416 e. The molecule has 0 fully saturated rings. The smallest absolute Gasteiger partial charge is 0.350 e. The molecule has 3 aromatic rings. The summed E-state index contributed by atoms with van der Waals surface area (Å²) in [6, 6.07) is 17.1. The first-order valence-electron chi connectivity index (χ1n) is 12.9. The number of amides is 2. The Balaban J connectivity index is 2.10. The van der Waals surface area contributed by atoms with E-state index in [0.717, 1.165) is 23.3 Å². The van der Waals surface area contributed by atoms with Crippen molar-refractivity contribution in [3.63, 3.8) is 0 Å². The number of hydrogen-bond acceptors (Lipinski definition) is 4. The molecule has 0 saturated carbocycles. The van der Waals surface area contributed by atoms with Gasteiger partial charge in [-0.25, -0.2) is 8.42 Å². The zero-order valence-electron chi connectivity index (χ0n) is 23.6. The Bertz CT molecular complexity index is 1490. The number of carbonyl (C=O) groups is 2. The molecule has 1 N–H and O–H groups in total. The van der Waals surface area contributed by atoms with Crippen molar-refractivity contribution in [2.75, 3.05) is 10.8 Å². The molecule has 3 rings (SSSR count). The van der Waals surface area contributed by atoms with Crippen LogP contribution in [-0.4, -0.2) is 43.3 Å². The first kappa shape index (κ1) is 31.7. The Hall–Kier alpha value is -3.86. The molecule has 0 aliphatic carbocycles. The zero-order valence-corrected chi connectivity index (χ0v) is 24.4. The number of halogens is 3. The van der Waals surface area contributed by atoms with Crippen molar-refractivity contribution in [2.45, 2.75) is 63.8 Å². The first-order valence-corrected chi connectivity index (χ1v) is 14.4. The average molecular weight is 590 g/mol. The number of anilines is 1. The molecular formula is C30H34F3N3O4S. The van der Waals surface area contributed by atoms with Gasteiger partial charge in [0.25, 0.3) is 10.0 Å². The van der Waals surface area contributed by atoms with Gasteiger partial charge in [0.2, 0.25) is 11.8 Å². The Kier molecular flexibility index (Phi) is 9.53. The van der Waals surface area contributed by atoms with Crippen molar-refractivity contribution in [3.05, 3.63) is 95.6 Å². The van der Waals surface area contributed by atoms with Gasteiger partial charge < -0.3 is 10.2 Å². The van der Waals surface area contributed by atoms with Gasteiger partial charge in [-0.15, -0.1) is 0 Å². The predicted molar refractivity (Wildman–Crippen MR) is 152 cm³/mol. The third kappa shape index (κ3) is 8.09. The third-order valence-corrected chi connectivity index (χ3v) is 8.13. The molecule has 0 saturated heterocycles. The van der Waals surface area contributed by atoms with Crippen molar-refractivity contribution < 1.29 is 31.2 Å². The normalized spacial score (nSPS) is 12.9. The lowest BCUT2D eigenvalue weighted by molar-refractivity contribution is -0.140. The van der Waals surface area contributed by atoms with Crippen molar-refractivity contribution in [3.8, 4) is 0 Å². The zero-order chi connectivity index (χ0) is 30.6. The highest BCUT2D eigenvalue weighted by atomic mass is 32.2. The number of nitrogens with one attached hydrogen (secondary N) is 1. The van der Waals surface area contributed by atoms with Gasteiger partial charge in [0.05, 0.1) is 16.1 Å². The molecule has 220 valence electrons. The summed E-state index contributed by atoms with van der Waals surface area (Å²) in [6.07, 6.45) is -4.74. The van der Waals surface area contributed by atoms with E-state index >= 15 is 0 Å². The number of hydrogen-bond donors (Lipinski definition) is 1. The van der Waals surface area contributed by atoms with Crippen LogP contribution in [0.15, 0.2) is 83.8 Å².